The first-order chi connectivity index (χ1) is 11.9. The predicted molar refractivity (Wildman–Crippen MR) is 99.4 cm³/mol. The van der Waals surface area contributed by atoms with E-state index in [9.17, 15) is 8.42 Å². The van der Waals surface area contributed by atoms with E-state index in [-0.39, 0.29) is 10.9 Å². The number of nitrogens with two attached hydrogens (primary N) is 1. The molecule has 25 heavy (non-hydrogen) atoms. The van der Waals surface area contributed by atoms with Crippen LogP contribution in [0.3, 0.4) is 0 Å². The summed E-state index contributed by atoms with van der Waals surface area (Å²) in [4.78, 5) is 6.83. The molecule has 1 aromatic heterocycles. The Bertz CT molecular complexity index is 980. The van der Waals surface area contributed by atoms with E-state index in [4.69, 9.17) is 5.14 Å². The van der Waals surface area contributed by atoms with Gasteiger partial charge in [0.05, 0.1) is 10.4 Å². The molecule has 0 aliphatic rings. The number of hydrogen-bond donors (Lipinski definition) is 1. The maximum absolute atomic E-state index is 11.4. The van der Waals surface area contributed by atoms with Gasteiger partial charge in [-0.3, -0.25) is 9.88 Å². The van der Waals surface area contributed by atoms with Crippen molar-refractivity contribution in [1.29, 1.82) is 0 Å². The van der Waals surface area contributed by atoms with E-state index in [2.05, 4.69) is 35.0 Å². The minimum atomic E-state index is -3.66. The largest absolute Gasteiger partial charge is 0.295 e. The van der Waals surface area contributed by atoms with E-state index in [1.165, 1.54) is 0 Å². The van der Waals surface area contributed by atoms with Crippen LogP contribution in [0, 0.1) is 0 Å². The van der Waals surface area contributed by atoms with Gasteiger partial charge in [0, 0.05) is 24.2 Å². The fraction of sp³-hybridized carbons (Fsp3) is 0.211. The lowest BCUT2D eigenvalue weighted by molar-refractivity contribution is 0.254. The van der Waals surface area contributed by atoms with E-state index in [0.29, 0.717) is 0 Å². The average Bonchev–Trinajstić information content (AvgIpc) is 2.61. The van der Waals surface area contributed by atoms with Crippen LogP contribution in [0.25, 0.3) is 10.9 Å². The third kappa shape index (κ3) is 3.87. The molecule has 130 valence electrons. The molecule has 2 aromatic carbocycles. The third-order valence-corrected chi connectivity index (χ3v) is 5.42. The van der Waals surface area contributed by atoms with Crippen molar-refractivity contribution in [2.75, 3.05) is 7.05 Å². The quantitative estimate of drug-likeness (QED) is 0.763. The van der Waals surface area contributed by atoms with Crippen LogP contribution >= 0.6 is 0 Å². The normalized spacial score (nSPS) is 13.3. The second kappa shape index (κ2) is 6.92. The van der Waals surface area contributed by atoms with Crippen molar-refractivity contribution in [1.82, 2.24) is 9.88 Å². The number of nitrogens with zero attached hydrogens (tertiary/aromatic N) is 2. The Labute approximate surface area is 148 Å². The first kappa shape index (κ1) is 17.5. The Kier molecular flexibility index (Phi) is 4.85. The van der Waals surface area contributed by atoms with Crippen LogP contribution in [0.5, 0.6) is 0 Å². The van der Waals surface area contributed by atoms with Gasteiger partial charge >= 0.3 is 0 Å². The SMILES string of the molecule is CC(c1ccc(S(N)(=O)=O)cc1)N(C)Cc1cccc2cccnc12. The molecule has 0 aliphatic heterocycles. The molecule has 0 fully saturated rings. The van der Waals surface area contributed by atoms with E-state index >= 15 is 0 Å². The summed E-state index contributed by atoms with van der Waals surface area (Å²) in [5, 5.41) is 6.28. The van der Waals surface area contributed by atoms with Crippen molar-refractivity contribution < 1.29 is 8.42 Å². The summed E-state index contributed by atoms with van der Waals surface area (Å²) in [6, 6.07) is 17.0. The molecule has 0 saturated heterocycles. The predicted octanol–water partition coefficient (Wildman–Crippen LogP) is 3.08. The molecule has 0 bridgehead atoms. The molecule has 0 aliphatic carbocycles. The fourth-order valence-electron chi connectivity index (χ4n) is 2.89. The minimum Gasteiger partial charge on any atom is -0.295 e. The Morgan fingerprint density at radius 1 is 1.08 bits per heavy atom. The Morgan fingerprint density at radius 2 is 1.76 bits per heavy atom. The highest BCUT2D eigenvalue weighted by Gasteiger charge is 2.15. The summed E-state index contributed by atoms with van der Waals surface area (Å²) < 4.78 is 22.7. The van der Waals surface area contributed by atoms with Crippen LogP contribution in [-0.2, 0) is 16.6 Å². The second-order valence-corrected chi connectivity index (χ2v) is 7.76. The highest BCUT2D eigenvalue weighted by Crippen LogP contribution is 2.24. The van der Waals surface area contributed by atoms with Crippen LogP contribution in [0.4, 0.5) is 0 Å². The molecule has 1 heterocycles. The molecule has 0 spiro atoms. The molecule has 1 atom stereocenters. The van der Waals surface area contributed by atoms with Crippen molar-refractivity contribution in [2.24, 2.45) is 5.14 Å². The number of rotatable bonds is 5. The zero-order valence-corrected chi connectivity index (χ0v) is 15.1. The van der Waals surface area contributed by atoms with Gasteiger partial charge in [0.25, 0.3) is 0 Å². The molecule has 0 radical (unpaired) electrons. The molecule has 3 aromatic rings. The first-order valence-corrected chi connectivity index (χ1v) is 9.56. The fourth-order valence-corrected chi connectivity index (χ4v) is 3.41. The van der Waals surface area contributed by atoms with Gasteiger partial charge in [-0.2, -0.15) is 0 Å². The highest BCUT2D eigenvalue weighted by molar-refractivity contribution is 7.89. The van der Waals surface area contributed by atoms with Gasteiger partial charge in [-0.25, -0.2) is 13.6 Å². The topological polar surface area (TPSA) is 76.3 Å². The van der Waals surface area contributed by atoms with E-state index in [1.807, 2.05) is 31.3 Å². The van der Waals surface area contributed by atoms with E-state index in [0.717, 1.165) is 28.6 Å². The van der Waals surface area contributed by atoms with Gasteiger partial charge in [-0.15, -0.1) is 0 Å². The summed E-state index contributed by atoms with van der Waals surface area (Å²) in [7, 11) is -1.62. The Balaban J connectivity index is 1.81. The number of sulfonamides is 1. The summed E-state index contributed by atoms with van der Waals surface area (Å²) in [5.74, 6) is 0. The van der Waals surface area contributed by atoms with Crippen LogP contribution in [0.15, 0.2) is 65.7 Å². The number of hydrogen-bond acceptors (Lipinski definition) is 4. The summed E-state index contributed by atoms with van der Waals surface area (Å²) >= 11 is 0. The van der Waals surface area contributed by atoms with Gasteiger partial charge < -0.3 is 0 Å². The molecule has 0 amide bonds. The van der Waals surface area contributed by atoms with Gasteiger partial charge in [-0.05, 0) is 43.3 Å². The summed E-state index contributed by atoms with van der Waals surface area (Å²) in [6.45, 7) is 2.83. The van der Waals surface area contributed by atoms with Crippen molar-refractivity contribution in [3.63, 3.8) is 0 Å². The highest BCUT2D eigenvalue weighted by atomic mass is 32.2. The summed E-state index contributed by atoms with van der Waals surface area (Å²) in [5.41, 5.74) is 3.20. The monoisotopic (exact) mass is 355 g/mol. The minimum absolute atomic E-state index is 0.119. The number of primary sulfonamides is 1. The first-order valence-electron chi connectivity index (χ1n) is 8.02. The summed E-state index contributed by atoms with van der Waals surface area (Å²) in [6.07, 6.45) is 1.81. The second-order valence-electron chi connectivity index (χ2n) is 6.20. The number of para-hydroxylation sites is 1. The zero-order chi connectivity index (χ0) is 18.0. The lowest BCUT2D eigenvalue weighted by atomic mass is 10.1. The number of pyridine rings is 1. The average molecular weight is 355 g/mol. The third-order valence-electron chi connectivity index (χ3n) is 4.49. The Hall–Kier alpha value is -2.28. The van der Waals surface area contributed by atoms with Crippen molar-refractivity contribution in [3.05, 3.63) is 71.9 Å². The van der Waals surface area contributed by atoms with Gasteiger partial charge in [0.15, 0.2) is 0 Å². The van der Waals surface area contributed by atoms with E-state index < -0.39 is 10.0 Å². The molecule has 0 saturated carbocycles. The van der Waals surface area contributed by atoms with Crippen LogP contribution in [-0.4, -0.2) is 25.3 Å². The molecule has 3 rings (SSSR count). The van der Waals surface area contributed by atoms with Gasteiger partial charge in [-0.1, -0.05) is 36.4 Å². The lowest BCUT2D eigenvalue weighted by Gasteiger charge is -2.25. The van der Waals surface area contributed by atoms with Crippen LogP contribution < -0.4 is 5.14 Å². The molecule has 5 nitrogen and oxygen atoms in total. The van der Waals surface area contributed by atoms with Crippen LogP contribution in [0.1, 0.15) is 24.1 Å². The zero-order valence-electron chi connectivity index (χ0n) is 14.3. The number of fused-ring (bicyclic) bond motifs is 1. The van der Waals surface area contributed by atoms with Gasteiger partial charge in [0.1, 0.15) is 0 Å². The van der Waals surface area contributed by atoms with Crippen LogP contribution in [0.2, 0.25) is 0 Å². The van der Waals surface area contributed by atoms with Crippen molar-refractivity contribution >= 4 is 20.9 Å². The van der Waals surface area contributed by atoms with Crippen molar-refractivity contribution in [3.8, 4) is 0 Å². The number of aromatic nitrogens is 1. The molecular formula is C19H21N3O2S. The lowest BCUT2D eigenvalue weighted by Crippen LogP contribution is -2.22. The molecular weight excluding hydrogens is 334 g/mol. The van der Waals surface area contributed by atoms with Gasteiger partial charge in [0.2, 0.25) is 10.0 Å². The molecule has 1 unspecified atom stereocenters. The molecule has 6 heteroatoms. The smallest absolute Gasteiger partial charge is 0.238 e. The standard InChI is InChI=1S/C19H21N3O2S/c1-14(15-8-10-18(11-9-15)25(20,23)24)22(2)13-17-6-3-5-16-7-4-12-21-19(16)17/h3-12,14H,13H2,1-2H3,(H2,20,23,24). The molecule has 2 N–H and O–H groups in total. The number of benzene rings is 2. The maximum Gasteiger partial charge on any atom is 0.238 e. The van der Waals surface area contributed by atoms with E-state index in [1.54, 1.807) is 18.3 Å². The Morgan fingerprint density at radius 3 is 2.44 bits per heavy atom. The maximum atomic E-state index is 11.4. The van der Waals surface area contributed by atoms with Crippen molar-refractivity contribution in [2.45, 2.75) is 24.4 Å².